The first kappa shape index (κ1) is 6.02. The van der Waals surface area contributed by atoms with Crippen LogP contribution in [-0.4, -0.2) is 19.4 Å². The molecule has 1 rings (SSSR count). The minimum Gasteiger partial charge on any atom is -0.378 e. The largest absolute Gasteiger partial charge is 0.378 e. The zero-order valence-electron chi connectivity index (χ0n) is 4.90. The maximum absolute atomic E-state index is 12.3. The van der Waals surface area contributed by atoms with Crippen molar-refractivity contribution >= 4 is 0 Å². The van der Waals surface area contributed by atoms with Gasteiger partial charge in [0, 0.05) is 6.61 Å². The van der Waals surface area contributed by atoms with Gasteiger partial charge in [0.15, 0.2) is 0 Å². The molecule has 1 unspecified atom stereocenters. The molecule has 1 atom stereocenters. The second kappa shape index (κ2) is 3.02. The van der Waals surface area contributed by atoms with Gasteiger partial charge in [0.1, 0.15) is 6.17 Å². The van der Waals surface area contributed by atoms with Crippen molar-refractivity contribution in [1.82, 2.24) is 0 Å². The summed E-state index contributed by atoms with van der Waals surface area (Å²) >= 11 is 0. The van der Waals surface area contributed by atoms with Gasteiger partial charge in [0.25, 0.3) is 0 Å². The molecule has 48 valence electrons. The van der Waals surface area contributed by atoms with E-state index in [0.717, 1.165) is 19.4 Å². The third kappa shape index (κ3) is 1.78. The van der Waals surface area contributed by atoms with E-state index in [0.29, 0.717) is 13.0 Å². The predicted octanol–water partition coefficient (Wildman–Crippen LogP) is 1.52. The van der Waals surface area contributed by atoms with E-state index in [1.54, 1.807) is 0 Å². The lowest BCUT2D eigenvalue weighted by Gasteiger charge is -1.99. The van der Waals surface area contributed by atoms with Gasteiger partial charge >= 0.3 is 0 Å². The Morgan fingerprint density at radius 1 is 1.38 bits per heavy atom. The number of hydrogen-bond acceptors (Lipinski definition) is 1. The van der Waals surface area contributed by atoms with Gasteiger partial charge in [0.05, 0.1) is 6.61 Å². The minimum atomic E-state index is -0.697. The van der Waals surface area contributed by atoms with E-state index in [2.05, 4.69) is 0 Å². The molecule has 0 aromatic rings. The van der Waals surface area contributed by atoms with Crippen molar-refractivity contribution in [1.29, 1.82) is 0 Å². The van der Waals surface area contributed by atoms with Crippen LogP contribution < -0.4 is 0 Å². The van der Waals surface area contributed by atoms with Gasteiger partial charge in [0.2, 0.25) is 0 Å². The molecule has 1 heterocycles. The van der Waals surface area contributed by atoms with Crippen LogP contribution in [0.1, 0.15) is 19.3 Å². The minimum absolute atomic E-state index is 0.319. The zero-order chi connectivity index (χ0) is 5.82. The first-order valence-corrected chi connectivity index (χ1v) is 3.11. The molecule has 0 aliphatic carbocycles. The van der Waals surface area contributed by atoms with Crippen LogP contribution in [0, 0.1) is 0 Å². The van der Waals surface area contributed by atoms with Crippen LogP contribution in [0.2, 0.25) is 0 Å². The summed E-state index contributed by atoms with van der Waals surface area (Å²) in [6.07, 6.45) is 2.01. The second-order valence-corrected chi connectivity index (χ2v) is 2.17. The molecule has 0 amide bonds. The summed E-state index contributed by atoms with van der Waals surface area (Å²) in [6, 6.07) is 0. The Labute approximate surface area is 48.8 Å². The first-order valence-electron chi connectivity index (χ1n) is 3.11. The van der Waals surface area contributed by atoms with Crippen molar-refractivity contribution in [3.8, 4) is 0 Å². The maximum atomic E-state index is 12.3. The van der Waals surface area contributed by atoms with Gasteiger partial charge in [-0.3, -0.25) is 0 Å². The fourth-order valence-electron chi connectivity index (χ4n) is 0.864. The molecule has 1 nitrogen and oxygen atoms in total. The van der Waals surface area contributed by atoms with E-state index >= 15 is 0 Å². The van der Waals surface area contributed by atoms with Crippen molar-refractivity contribution < 1.29 is 9.13 Å². The van der Waals surface area contributed by atoms with E-state index in [1.807, 2.05) is 0 Å². The summed E-state index contributed by atoms with van der Waals surface area (Å²) in [5.41, 5.74) is 0. The lowest BCUT2D eigenvalue weighted by molar-refractivity contribution is 0.0971. The van der Waals surface area contributed by atoms with Crippen LogP contribution in [0.3, 0.4) is 0 Å². The molecule has 1 saturated heterocycles. The summed E-state index contributed by atoms with van der Waals surface area (Å²) in [7, 11) is 0. The smallest absolute Gasteiger partial charge is 0.123 e. The van der Waals surface area contributed by atoms with Crippen molar-refractivity contribution in [2.75, 3.05) is 13.2 Å². The van der Waals surface area contributed by atoms with Gasteiger partial charge in [-0.15, -0.1) is 0 Å². The lowest BCUT2D eigenvalue weighted by atomic mass is 10.2. The molecule has 0 saturated carbocycles. The summed E-state index contributed by atoms with van der Waals surface area (Å²) in [6.45, 7) is 1.07. The molecule has 0 radical (unpaired) electrons. The molecular formula is C6H11FO. The third-order valence-electron chi connectivity index (χ3n) is 1.35. The topological polar surface area (TPSA) is 9.23 Å². The van der Waals surface area contributed by atoms with Gasteiger partial charge in [-0.25, -0.2) is 4.39 Å². The molecule has 0 N–H and O–H groups in total. The Morgan fingerprint density at radius 3 is 3.12 bits per heavy atom. The molecule has 8 heavy (non-hydrogen) atoms. The average Bonchev–Trinajstić information content (AvgIpc) is 1.94. The Hall–Kier alpha value is -0.110. The number of ether oxygens (including phenoxy) is 1. The molecule has 1 aliphatic rings. The van der Waals surface area contributed by atoms with Crippen LogP contribution in [0.25, 0.3) is 0 Å². The number of alkyl halides is 1. The summed E-state index contributed by atoms with van der Waals surface area (Å²) in [4.78, 5) is 0. The molecule has 0 spiro atoms. The van der Waals surface area contributed by atoms with E-state index in [4.69, 9.17) is 4.74 Å². The Bertz CT molecular complexity index is 57.5. The molecule has 0 bridgehead atoms. The summed E-state index contributed by atoms with van der Waals surface area (Å²) in [5, 5.41) is 0. The lowest BCUT2D eigenvalue weighted by Crippen LogP contribution is -2.05. The fraction of sp³-hybridized carbons (Fsp3) is 1.00. The van der Waals surface area contributed by atoms with Gasteiger partial charge in [-0.1, -0.05) is 0 Å². The highest BCUT2D eigenvalue weighted by atomic mass is 19.1. The zero-order valence-corrected chi connectivity index (χ0v) is 4.90. The number of hydrogen-bond donors (Lipinski definition) is 0. The monoisotopic (exact) mass is 118 g/mol. The Balaban J connectivity index is 2.17. The van der Waals surface area contributed by atoms with Crippen LogP contribution >= 0.6 is 0 Å². The average molecular weight is 118 g/mol. The molecule has 0 aromatic heterocycles. The van der Waals surface area contributed by atoms with Gasteiger partial charge < -0.3 is 4.74 Å². The van der Waals surface area contributed by atoms with Gasteiger partial charge in [-0.05, 0) is 19.3 Å². The highest BCUT2D eigenvalue weighted by Gasteiger charge is 2.08. The Kier molecular flexibility index (Phi) is 2.27. The molecule has 1 aliphatic heterocycles. The maximum Gasteiger partial charge on any atom is 0.123 e. The first-order chi connectivity index (χ1) is 3.89. The Morgan fingerprint density at radius 2 is 2.25 bits per heavy atom. The summed E-state index contributed by atoms with van der Waals surface area (Å²) < 4.78 is 17.3. The standard InChI is InChI=1S/C6H11FO/c7-6-3-1-2-4-8-5-6/h6H,1-5H2. The summed E-state index contributed by atoms with van der Waals surface area (Å²) in [5.74, 6) is 0. The van der Waals surface area contributed by atoms with Crippen molar-refractivity contribution in [3.63, 3.8) is 0 Å². The highest BCUT2D eigenvalue weighted by Crippen LogP contribution is 2.09. The molecular weight excluding hydrogens is 107 g/mol. The molecule has 2 heteroatoms. The quantitative estimate of drug-likeness (QED) is 0.468. The second-order valence-electron chi connectivity index (χ2n) is 2.17. The van der Waals surface area contributed by atoms with E-state index in [9.17, 15) is 4.39 Å². The van der Waals surface area contributed by atoms with Crippen LogP contribution in [-0.2, 0) is 4.74 Å². The predicted molar refractivity (Wildman–Crippen MR) is 29.6 cm³/mol. The van der Waals surface area contributed by atoms with E-state index < -0.39 is 6.17 Å². The van der Waals surface area contributed by atoms with Crippen LogP contribution in [0.15, 0.2) is 0 Å². The van der Waals surface area contributed by atoms with Crippen LogP contribution in [0.5, 0.6) is 0 Å². The third-order valence-corrected chi connectivity index (χ3v) is 1.35. The normalized spacial score (nSPS) is 31.9. The number of rotatable bonds is 0. The molecule has 1 fully saturated rings. The van der Waals surface area contributed by atoms with Crippen molar-refractivity contribution in [3.05, 3.63) is 0 Å². The molecule has 0 aromatic carbocycles. The van der Waals surface area contributed by atoms with Gasteiger partial charge in [-0.2, -0.15) is 0 Å². The SMILES string of the molecule is FC1CCCCOC1. The highest BCUT2D eigenvalue weighted by molar-refractivity contribution is 4.58. The van der Waals surface area contributed by atoms with Crippen LogP contribution in [0.4, 0.5) is 4.39 Å². The van der Waals surface area contributed by atoms with E-state index in [1.165, 1.54) is 0 Å². The van der Waals surface area contributed by atoms with E-state index in [-0.39, 0.29) is 0 Å². The van der Waals surface area contributed by atoms with Crippen molar-refractivity contribution in [2.45, 2.75) is 25.4 Å². The number of halogens is 1. The van der Waals surface area contributed by atoms with Crippen molar-refractivity contribution in [2.24, 2.45) is 0 Å². The fourth-order valence-corrected chi connectivity index (χ4v) is 0.864.